The molecule has 2 aliphatic rings. The van der Waals surface area contributed by atoms with Gasteiger partial charge in [0.1, 0.15) is 0 Å². The summed E-state index contributed by atoms with van der Waals surface area (Å²) in [5.41, 5.74) is 2.88. The Morgan fingerprint density at radius 3 is 2.18 bits per heavy atom. The number of nitro benzene ring substituents is 1. The number of likely N-dealkylation sites (tertiary alicyclic amines) is 1. The Balaban J connectivity index is 1.27. The zero-order chi connectivity index (χ0) is 23.4. The highest BCUT2D eigenvalue weighted by molar-refractivity contribution is 5.98. The summed E-state index contributed by atoms with van der Waals surface area (Å²) in [7, 11) is 0. The summed E-state index contributed by atoms with van der Waals surface area (Å²) in [5, 5.41) is 16.3. The second-order valence-electron chi connectivity index (χ2n) is 8.60. The lowest BCUT2D eigenvalue weighted by Gasteiger charge is -2.32. The summed E-state index contributed by atoms with van der Waals surface area (Å²) in [6.07, 6.45) is 2.54. The van der Waals surface area contributed by atoms with Gasteiger partial charge in [-0.05, 0) is 42.0 Å². The predicted molar refractivity (Wildman–Crippen MR) is 122 cm³/mol. The van der Waals surface area contributed by atoms with E-state index in [0.29, 0.717) is 19.0 Å². The van der Waals surface area contributed by atoms with Crippen LogP contribution in [-0.2, 0) is 20.8 Å². The maximum Gasteiger partial charge on any atom is 0.269 e. The molecule has 0 atom stereocenters. The highest BCUT2D eigenvalue weighted by Gasteiger charge is 2.26. The Morgan fingerprint density at radius 1 is 1.00 bits per heavy atom. The first-order valence-electron chi connectivity index (χ1n) is 11.1. The number of benzene rings is 2. The molecule has 2 aromatic carbocycles. The number of carbonyl (C=O) groups excluding carboxylic acids is 3. The van der Waals surface area contributed by atoms with Gasteiger partial charge in [0, 0.05) is 49.8 Å². The highest BCUT2D eigenvalue weighted by atomic mass is 16.6. The number of amides is 3. The molecule has 0 saturated carbocycles. The molecule has 33 heavy (non-hydrogen) atoms. The Kier molecular flexibility index (Phi) is 6.67. The molecular weight excluding hydrogens is 424 g/mol. The average Bonchev–Trinajstić information content (AvgIpc) is 2.79. The van der Waals surface area contributed by atoms with Gasteiger partial charge in [0.05, 0.1) is 11.3 Å². The summed E-state index contributed by atoms with van der Waals surface area (Å²) in [6.45, 7) is 1.35. The maximum atomic E-state index is 12.6. The van der Waals surface area contributed by atoms with Crippen LogP contribution in [0.1, 0.15) is 42.7 Å². The number of non-ortho nitro benzene ring substituents is 1. The van der Waals surface area contributed by atoms with Crippen LogP contribution in [0, 0.1) is 10.1 Å². The molecule has 2 aromatic rings. The molecule has 2 N–H and O–H groups in total. The molecule has 0 aromatic heterocycles. The minimum Gasteiger partial charge on any atom is -0.381 e. The summed E-state index contributed by atoms with van der Waals surface area (Å²) in [5.74, 6) is -0.108. The number of hydrogen-bond acceptors (Lipinski definition) is 6. The Hall–Kier alpha value is -3.75. The molecule has 0 unspecified atom stereocenters. The number of anilines is 1. The lowest BCUT2D eigenvalue weighted by Crippen LogP contribution is -2.43. The van der Waals surface area contributed by atoms with Gasteiger partial charge < -0.3 is 10.2 Å². The van der Waals surface area contributed by atoms with E-state index in [1.807, 2.05) is 17.0 Å². The first-order chi connectivity index (χ1) is 15.9. The van der Waals surface area contributed by atoms with Gasteiger partial charge in [0.25, 0.3) is 5.69 Å². The monoisotopic (exact) mass is 450 g/mol. The second kappa shape index (κ2) is 9.81. The Labute approximate surface area is 191 Å². The number of piperidine rings is 2. The van der Waals surface area contributed by atoms with E-state index in [1.54, 1.807) is 12.1 Å². The van der Waals surface area contributed by atoms with Gasteiger partial charge in [-0.15, -0.1) is 0 Å². The molecule has 4 rings (SSSR count). The molecule has 0 bridgehead atoms. The lowest BCUT2D eigenvalue weighted by molar-refractivity contribution is -0.384. The number of rotatable bonds is 6. The van der Waals surface area contributed by atoms with Crippen LogP contribution in [0.2, 0.25) is 0 Å². The van der Waals surface area contributed by atoms with Crippen molar-refractivity contribution in [2.24, 2.45) is 0 Å². The van der Waals surface area contributed by atoms with Gasteiger partial charge >= 0.3 is 0 Å². The van der Waals surface area contributed by atoms with E-state index in [9.17, 15) is 24.5 Å². The third-order valence-electron chi connectivity index (χ3n) is 6.25. The summed E-state index contributed by atoms with van der Waals surface area (Å²) >= 11 is 0. The third-order valence-corrected chi connectivity index (χ3v) is 6.25. The smallest absolute Gasteiger partial charge is 0.269 e. The van der Waals surface area contributed by atoms with Gasteiger partial charge in [0.15, 0.2) is 0 Å². The quantitative estimate of drug-likeness (QED) is 0.397. The fraction of sp³-hybridized carbons (Fsp3) is 0.375. The van der Waals surface area contributed by atoms with Gasteiger partial charge in [0.2, 0.25) is 17.7 Å². The van der Waals surface area contributed by atoms with Crippen LogP contribution >= 0.6 is 0 Å². The average molecular weight is 450 g/mol. The molecule has 9 heteroatoms. The molecule has 0 aliphatic carbocycles. The molecular formula is C24H26N4O5. The normalized spacial score (nSPS) is 17.5. The molecule has 9 nitrogen and oxygen atoms in total. The fourth-order valence-corrected chi connectivity index (χ4v) is 4.45. The van der Waals surface area contributed by atoms with Crippen molar-refractivity contribution in [3.05, 3.63) is 69.8 Å². The fourth-order valence-electron chi connectivity index (χ4n) is 4.45. The van der Waals surface area contributed by atoms with Crippen LogP contribution < -0.4 is 10.6 Å². The van der Waals surface area contributed by atoms with Crippen LogP contribution in [0.3, 0.4) is 0 Å². The van der Waals surface area contributed by atoms with E-state index in [2.05, 4.69) is 22.8 Å². The molecule has 0 radical (unpaired) electrons. The predicted octanol–water partition coefficient (Wildman–Crippen LogP) is 2.76. The van der Waals surface area contributed by atoms with Crippen molar-refractivity contribution in [3.63, 3.8) is 0 Å². The zero-order valence-corrected chi connectivity index (χ0v) is 18.2. The van der Waals surface area contributed by atoms with Crippen molar-refractivity contribution in [3.8, 4) is 0 Å². The van der Waals surface area contributed by atoms with Crippen molar-refractivity contribution >= 4 is 29.1 Å². The van der Waals surface area contributed by atoms with Crippen molar-refractivity contribution in [1.82, 2.24) is 10.2 Å². The number of nitro groups is 1. The molecule has 2 saturated heterocycles. The van der Waals surface area contributed by atoms with Gasteiger partial charge in [-0.1, -0.05) is 24.3 Å². The van der Waals surface area contributed by atoms with E-state index in [4.69, 9.17) is 0 Å². The van der Waals surface area contributed by atoms with E-state index in [-0.39, 0.29) is 48.7 Å². The van der Waals surface area contributed by atoms with Gasteiger partial charge in [-0.3, -0.25) is 29.8 Å². The molecule has 2 fully saturated rings. The number of nitrogens with zero attached hydrogens (tertiary/aromatic N) is 2. The van der Waals surface area contributed by atoms with E-state index in [0.717, 1.165) is 24.1 Å². The lowest BCUT2D eigenvalue weighted by atomic mass is 9.89. The summed E-state index contributed by atoms with van der Waals surface area (Å²) in [4.78, 5) is 47.9. The topological polar surface area (TPSA) is 122 Å². The maximum absolute atomic E-state index is 12.6. The van der Waals surface area contributed by atoms with Gasteiger partial charge in [-0.25, -0.2) is 0 Å². The van der Waals surface area contributed by atoms with Crippen molar-refractivity contribution in [2.75, 3.05) is 18.4 Å². The van der Waals surface area contributed by atoms with Crippen LogP contribution in [0.15, 0.2) is 48.5 Å². The number of nitrogens with one attached hydrogen (secondary N) is 2. The van der Waals surface area contributed by atoms with E-state index >= 15 is 0 Å². The SMILES string of the molecule is O=C1CC(Nc2ccc(C3CCN(C(=O)Cc4ccc([N+](=O)[O-])cc4)CC3)cc2)CC(=O)N1. The standard InChI is InChI=1S/C24H26N4O5/c29-22-14-20(15-23(30)26-22)25-19-5-3-17(4-6-19)18-9-11-27(12-10-18)24(31)13-16-1-7-21(8-2-16)28(32)33/h1-8,18,20,25H,9-15H2,(H,26,29,30). The summed E-state index contributed by atoms with van der Waals surface area (Å²) in [6, 6.07) is 14.0. The molecule has 0 spiro atoms. The minimum atomic E-state index is -0.450. The van der Waals surface area contributed by atoms with Crippen molar-refractivity contribution in [2.45, 2.75) is 44.1 Å². The zero-order valence-electron chi connectivity index (χ0n) is 18.2. The number of carbonyl (C=O) groups is 3. The van der Waals surface area contributed by atoms with Crippen LogP contribution in [-0.4, -0.2) is 46.7 Å². The molecule has 2 heterocycles. The van der Waals surface area contributed by atoms with E-state index < -0.39 is 4.92 Å². The van der Waals surface area contributed by atoms with Crippen molar-refractivity contribution < 1.29 is 19.3 Å². The highest BCUT2D eigenvalue weighted by Crippen LogP contribution is 2.29. The van der Waals surface area contributed by atoms with E-state index in [1.165, 1.54) is 17.7 Å². The van der Waals surface area contributed by atoms with Crippen molar-refractivity contribution in [1.29, 1.82) is 0 Å². The second-order valence-corrected chi connectivity index (χ2v) is 8.60. The van der Waals surface area contributed by atoms with Crippen LogP contribution in [0.4, 0.5) is 11.4 Å². The largest absolute Gasteiger partial charge is 0.381 e. The van der Waals surface area contributed by atoms with Crippen LogP contribution in [0.5, 0.6) is 0 Å². The molecule has 3 amide bonds. The van der Waals surface area contributed by atoms with Gasteiger partial charge in [-0.2, -0.15) is 0 Å². The Bertz CT molecular complexity index is 1030. The number of imide groups is 1. The third kappa shape index (κ3) is 5.74. The number of hydrogen-bond donors (Lipinski definition) is 2. The first kappa shape index (κ1) is 22.4. The summed E-state index contributed by atoms with van der Waals surface area (Å²) < 4.78 is 0. The van der Waals surface area contributed by atoms with Crippen LogP contribution in [0.25, 0.3) is 0 Å². The Morgan fingerprint density at radius 2 is 1.61 bits per heavy atom. The molecule has 172 valence electrons. The molecule has 2 aliphatic heterocycles. The first-order valence-corrected chi connectivity index (χ1v) is 11.1. The minimum absolute atomic E-state index is 0.0194.